The van der Waals surface area contributed by atoms with Gasteiger partial charge in [0.1, 0.15) is 17.3 Å². The third kappa shape index (κ3) is 15.2. The number of ether oxygens (including phenoxy) is 6. The third-order valence-electron chi connectivity index (χ3n) is 33.6. The molecule has 22 heteroatoms. The molecule has 3 aliphatic heterocycles. The first-order chi connectivity index (χ1) is 56.0. The fourth-order valence-electron chi connectivity index (χ4n) is 27.8. The predicted octanol–water partition coefficient (Wildman–Crippen LogP) is 18.3. The second-order valence-electron chi connectivity index (χ2n) is 39.5. The van der Waals surface area contributed by atoms with Crippen molar-refractivity contribution in [1.29, 1.82) is 0 Å². The molecule has 15 aliphatic rings. The fraction of sp³-hybridized carbons (Fsp3) is 0.763. The van der Waals surface area contributed by atoms with Gasteiger partial charge in [0.25, 0.3) is 0 Å². The first kappa shape index (κ1) is 90.3. The van der Waals surface area contributed by atoms with Gasteiger partial charge >= 0.3 is 0 Å². The van der Waals surface area contributed by atoms with E-state index in [-0.39, 0.29) is 94.2 Å². The van der Waals surface area contributed by atoms with Gasteiger partial charge in [-0.15, -0.1) is 0 Å². The lowest BCUT2D eigenvalue weighted by Crippen LogP contribution is -2.56. The Bertz CT molecular complexity index is 4500. The van der Waals surface area contributed by atoms with Crippen molar-refractivity contribution in [2.24, 2.45) is 104 Å². The molecular weight excluding hydrogens is 1500 g/mol. The second-order valence-corrected chi connectivity index (χ2v) is 39.5. The van der Waals surface area contributed by atoms with Gasteiger partial charge in [-0.05, 0) is 212 Å². The number of nitrogens with zero attached hydrogens (tertiary/aromatic N) is 9. The Morgan fingerprint density at radius 3 is 1.20 bits per heavy atom. The minimum atomic E-state index is -0.459. The quantitative estimate of drug-likeness (QED) is 0.118. The van der Waals surface area contributed by atoms with Gasteiger partial charge in [0.05, 0.1) is 81.1 Å². The number of rotatable bonds is 6. The van der Waals surface area contributed by atoms with E-state index < -0.39 is 5.79 Å². The fourth-order valence-corrected chi connectivity index (χ4v) is 27.8. The lowest BCUT2D eigenvalue weighted by Gasteiger charge is -2.54. The molecule has 0 amide bonds. The summed E-state index contributed by atoms with van der Waals surface area (Å²) in [6.45, 7) is 31.0. The SMILES string of the molecule is C.C.CC[C@@H]1C(=O)/C(=C\O)C[C@]2(C)c3nn(C)cc3CC[C@@H]12.CC[C@@H]1C(=O)CC[C@]2(C)c3nn(C)cc3CC[C@@H]12.CC[C@@H]1c2oncc2C[C@]2(C)c3nn(C)cc3CC[C@@H]12.CC[C@H]1[C@@H]2CC/C(=C\O)C(=O)[C@@]2(C)CCC12OCCO2.CC[C@H]1[C@@H]2CCCC(=O)[C@@]2(C)CCC12OCCO2.CC[C@H]1[C@@H]2CCc3cn(C)nc3[C@@]2(C)CCC12OCCO2. The van der Waals surface area contributed by atoms with Gasteiger partial charge in [0, 0.05) is 170 Å². The van der Waals surface area contributed by atoms with E-state index in [1.165, 1.54) is 57.7 Å². The summed E-state index contributed by atoms with van der Waals surface area (Å²) in [4.78, 5) is 49.6. The molecule has 12 aliphatic carbocycles. The highest BCUT2D eigenvalue weighted by atomic mass is 16.7. The van der Waals surface area contributed by atoms with E-state index in [4.69, 9.17) is 48.2 Å². The maximum Gasteiger partial charge on any atom is 0.171 e. The van der Waals surface area contributed by atoms with Crippen molar-refractivity contribution in [3.8, 4) is 0 Å². The first-order valence-corrected chi connectivity index (χ1v) is 45.7. The van der Waals surface area contributed by atoms with Gasteiger partial charge in [-0.2, -0.15) is 20.4 Å². The van der Waals surface area contributed by atoms with Crippen molar-refractivity contribution in [3.63, 3.8) is 0 Å². The molecule has 0 bridgehead atoms. The van der Waals surface area contributed by atoms with Crippen LogP contribution in [0, 0.1) is 75.9 Å². The van der Waals surface area contributed by atoms with Crippen molar-refractivity contribution in [3.05, 3.63) is 111 Å². The molecule has 658 valence electrons. The third-order valence-corrected chi connectivity index (χ3v) is 33.6. The average molecular weight is 1650 g/mol. The van der Waals surface area contributed by atoms with Crippen molar-refractivity contribution >= 4 is 23.1 Å². The Morgan fingerprint density at radius 1 is 0.395 bits per heavy atom. The van der Waals surface area contributed by atoms with Crippen molar-refractivity contribution < 1.29 is 62.3 Å². The lowest BCUT2D eigenvalue weighted by molar-refractivity contribution is -0.248. The van der Waals surface area contributed by atoms with E-state index in [0.717, 1.165) is 198 Å². The summed E-state index contributed by atoms with van der Waals surface area (Å²) < 4.78 is 49.5. The average Bonchev–Trinajstić information content (AvgIpc) is 1.64. The molecule has 10 fully saturated rings. The number of hydrogen-bond acceptors (Lipinski definition) is 18. The number of Topliss-reactive ketones (excluding diaryl/α,β-unsaturated/α-hetero) is 4. The molecule has 0 radical (unpaired) electrons. The summed E-state index contributed by atoms with van der Waals surface area (Å²) in [5, 5.41) is 41.7. The Kier molecular flexibility index (Phi) is 26.5. The van der Waals surface area contributed by atoms with E-state index in [2.05, 4.69) is 118 Å². The van der Waals surface area contributed by atoms with Crippen molar-refractivity contribution in [1.82, 2.24) is 44.3 Å². The molecule has 20 rings (SSSR count). The summed E-state index contributed by atoms with van der Waals surface area (Å²) in [6.07, 6.45) is 41.2. The van der Waals surface area contributed by atoms with Crippen LogP contribution < -0.4 is 0 Å². The van der Waals surface area contributed by atoms with Crippen LogP contribution in [0.15, 0.2) is 59.2 Å². The zero-order chi connectivity index (χ0) is 83.2. The number of allylic oxidation sites excluding steroid dienone is 2. The van der Waals surface area contributed by atoms with Gasteiger partial charge in [-0.3, -0.25) is 37.9 Å². The highest BCUT2D eigenvalue weighted by molar-refractivity contribution is 6.00. The number of aryl methyl sites for hydroxylation is 8. The van der Waals surface area contributed by atoms with Crippen LogP contribution in [-0.2, 0) is 130 Å². The molecule has 119 heavy (non-hydrogen) atoms. The second kappa shape index (κ2) is 34.9. The van der Waals surface area contributed by atoms with Gasteiger partial charge in [0.15, 0.2) is 28.9 Å². The Morgan fingerprint density at radius 2 is 0.765 bits per heavy atom. The number of carbonyl (C=O) groups is 4. The zero-order valence-electron chi connectivity index (χ0n) is 73.6. The van der Waals surface area contributed by atoms with Crippen LogP contribution in [-0.4, -0.2) is 135 Å². The molecule has 7 saturated carbocycles. The van der Waals surface area contributed by atoms with Crippen LogP contribution >= 0.6 is 0 Å². The largest absolute Gasteiger partial charge is 0.515 e. The smallest absolute Gasteiger partial charge is 0.171 e. The highest BCUT2D eigenvalue weighted by Crippen LogP contribution is 2.63. The topological polar surface area (TPSA) is 261 Å². The zero-order valence-corrected chi connectivity index (χ0v) is 73.6. The molecule has 0 unspecified atom stereocenters. The number of aliphatic hydroxyl groups is 2. The van der Waals surface area contributed by atoms with Crippen LogP contribution in [0.25, 0.3) is 0 Å². The number of hydrogen-bond donors (Lipinski definition) is 2. The summed E-state index contributed by atoms with van der Waals surface area (Å²) in [7, 11) is 8.02. The molecule has 3 saturated heterocycles. The summed E-state index contributed by atoms with van der Waals surface area (Å²) >= 11 is 0. The molecule has 2 N–H and O–H groups in total. The molecule has 18 atom stereocenters. The van der Waals surface area contributed by atoms with E-state index in [1.54, 1.807) is 0 Å². The number of ketones is 4. The van der Waals surface area contributed by atoms with Gasteiger partial charge in [0.2, 0.25) is 0 Å². The van der Waals surface area contributed by atoms with E-state index in [0.29, 0.717) is 109 Å². The van der Waals surface area contributed by atoms with Gasteiger partial charge in [-0.25, -0.2) is 0 Å². The minimum absolute atomic E-state index is 0. The first-order valence-electron chi connectivity index (χ1n) is 45.7. The monoisotopic (exact) mass is 1650 g/mol. The summed E-state index contributed by atoms with van der Waals surface area (Å²) in [6, 6.07) is 0. The summed E-state index contributed by atoms with van der Waals surface area (Å²) in [5.74, 6) is 5.99. The van der Waals surface area contributed by atoms with Crippen molar-refractivity contribution in [2.45, 2.75) is 329 Å². The standard InChI is InChI=1S/C17H26N2O2.C16H21N3O.C16H22N2O2.C16H24O4.C15H22N2O.C15H24O3.2CH4/c1-4-13-14-6-5-12-11-19(3)18-15(12)16(14,2)7-8-17(13)20-9-10-21-17;1-4-12-13-6-5-10-9-19(3)18-15(10)16(13,2)7-11-8-17-20-14(11)12;1-4-12-13-6-5-10-8-18(3)17-15(10)16(13,2)7-11(9-19)14(12)20;1-3-12-13-5-4-11(10-17)14(18)15(13,2)6-7-16(12)19-8-9-20-16;1-4-11-12-6-5-10-9-17(3)16-14(10)15(12,2)8-7-13(11)18;1-3-11-12-5-4-6-13(16)14(12,2)7-8-15(11)17-9-10-18-15;;/h11,13-14H,4-10H2,1-3H3;8-9,12-13H,4-7H2,1-3H3;8-9,12-13,19H,4-7H2,1-3H3;10,12-13,17H,3-9H2,1-2H3;9,11-12H,4-8H2,1-3H3;11-12H,3-10H2,1-2H3;2*1H4/b;;11-9-;11-10+;;;;/t13-,14-,16-;2*12-,13-,16-;12-,13-,15-;11-,12-,15-;11-,12-,14-;;/m000000../s1. The van der Waals surface area contributed by atoms with Gasteiger partial charge in [-0.1, -0.05) is 103 Å². The Labute approximate surface area is 709 Å². The Balaban J connectivity index is 0.000000123. The van der Waals surface area contributed by atoms with Crippen molar-refractivity contribution in [2.75, 3.05) is 39.6 Å². The lowest BCUT2D eigenvalue weighted by atomic mass is 9.53. The molecule has 0 aromatic carbocycles. The van der Waals surface area contributed by atoms with Crippen LogP contribution in [0.3, 0.4) is 0 Å². The highest BCUT2D eigenvalue weighted by Gasteiger charge is 2.64. The number of aliphatic hydroxyl groups excluding tert-OH is 2. The molecule has 5 aromatic heterocycles. The minimum Gasteiger partial charge on any atom is -0.515 e. The number of aromatic nitrogens is 9. The predicted molar refractivity (Wildman–Crippen MR) is 458 cm³/mol. The van der Waals surface area contributed by atoms with Crippen LogP contribution in [0.5, 0.6) is 0 Å². The van der Waals surface area contributed by atoms with Crippen LogP contribution in [0.4, 0.5) is 0 Å². The maximum absolute atomic E-state index is 12.7. The van der Waals surface area contributed by atoms with Crippen LogP contribution in [0.1, 0.15) is 314 Å². The van der Waals surface area contributed by atoms with E-state index in [1.807, 2.05) is 53.1 Å². The normalized spacial score (nSPS) is 36.7. The molecule has 5 aromatic rings. The van der Waals surface area contributed by atoms with E-state index in [9.17, 15) is 29.4 Å². The molecule has 8 heterocycles. The van der Waals surface area contributed by atoms with E-state index >= 15 is 0 Å². The molecular formula is C97H147N9O13. The van der Waals surface area contributed by atoms with Gasteiger partial charge < -0.3 is 43.2 Å². The summed E-state index contributed by atoms with van der Waals surface area (Å²) in [5.41, 5.74) is 12.9. The number of fused-ring (bicyclic) bond motifs is 15. The van der Waals surface area contributed by atoms with Crippen LogP contribution in [0.2, 0.25) is 0 Å². The molecule has 3 spiro atoms. The Hall–Kier alpha value is -6.43. The maximum atomic E-state index is 12.7. The molecule has 22 nitrogen and oxygen atoms in total. The number of carbonyl (C=O) groups excluding carboxylic acids is 4.